The number of carbonyl (C=O) groups excluding carboxylic acids is 2. The summed E-state index contributed by atoms with van der Waals surface area (Å²) in [6.07, 6.45) is 8.53. The van der Waals surface area contributed by atoms with Crippen molar-refractivity contribution in [2.45, 2.75) is 51.7 Å². The number of pyridine rings is 2. The number of amides is 2. The Hall–Kier alpha value is -5.26. The predicted molar refractivity (Wildman–Crippen MR) is 155 cm³/mol. The summed E-state index contributed by atoms with van der Waals surface area (Å²) in [6.45, 7) is 4.47. The van der Waals surface area contributed by atoms with Gasteiger partial charge in [-0.15, -0.1) is 10.2 Å². The van der Waals surface area contributed by atoms with Gasteiger partial charge in [0.05, 0.1) is 41.1 Å². The van der Waals surface area contributed by atoms with E-state index in [9.17, 15) is 9.59 Å². The first-order valence-electron chi connectivity index (χ1n) is 14.1. The first kappa shape index (κ1) is 26.6. The molecule has 1 N–H and O–H groups in total. The lowest BCUT2D eigenvalue weighted by Gasteiger charge is -2.21. The number of nitrogens with zero attached hydrogens (tertiary/aromatic N) is 8. The van der Waals surface area contributed by atoms with Crippen molar-refractivity contribution in [2.75, 3.05) is 5.32 Å². The molecule has 1 aliphatic heterocycles. The molecule has 5 heterocycles. The summed E-state index contributed by atoms with van der Waals surface area (Å²) in [5, 5.41) is 10.9. The zero-order valence-electron chi connectivity index (χ0n) is 23.6. The molecule has 0 spiro atoms. The Labute approximate surface area is 246 Å². The molecule has 4 aromatic heterocycles. The molecule has 1 fully saturated rings. The first-order valence-corrected chi connectivity index (χ1v) is 14.1. The number of carbonyl (C=O) groups is 2. The molecule has 0 bridgehead atoms. The standard InChI is InChI=1S/C31H28FN9O2/c1-18(2)40-17-35-38-29(40)24-6-3-7-27(36-24)37-30(42)22-12-25-21(11-23(22)32)14-39(31(43)20-5-4-10-33-13-20)15-26-28(19-8-9-19)34-16-41(25)26/h3-7,10-13,16-19H,8-9,14-15H2,1-2H3,(H,36,37,42). The van der Waals surface area contributed by atoms with Gasteiger partial charge in [0.2, 0.25) is 0 Å². The van der Waals surface area contributed by atoms with Gasteiger partial charge in [0, 0.05) is 30.9 Å². The van der Waals surface area contributed by atoms with E-state index in [1.807, 2.05) is 23.0 Å². The fraction of sp³-hybridized carbons (Fsp3) is 0.258. The fourth-order valence-corrected chi connectivity index (χ4v) is 5.45. The normalized spacial score (nSPS) is 14.3. The number of aromatic nitrogens is 7. The van der Waals surface area contributed by atoms with Gasteiger partial charge in [-0.3, -0.25) is 14.6 Å². The van der Waals surface area contributed by atoms with Crippen molar-refractivity contribution in [3.05, 3.63) is 101 Å². The molecule has 216 valence electrons. The van der Waals surface area contributed by atoms with E-state index in [1.54, 1.807) is 54.1 Å². The highest BCUT2D eigenvalue weighted by atomic mass is 19.1. The highest BCUT2D eigenvalue weighted by molar-refractivity contribution is 6.04. The summed E-state index contributed by atoms with van der Waals surface area (Å²) in [6, 6.07) is 11.5. The third kappa shape index (κ3) is 4.94. The highest BCUT2D eigenvalue weighted by Gasteiger charge is 2.34. The number of fused-ring (bicyclic) bond motifs is 3. The molecule has 7 rings (SSSR count). The van der Waals surface area contributed by atoms with Crippen molar-refractivity contribution >= 4 is 17.6 Å². The number of rotatable bonds is 6. The lowest BCUT2D eigenvalue weighted by atomic mass is 10.1. The van der Waals surface area contributed by atoms with Gasteiger partial charge in [-0.25, -0.2) is 14.4 Å². The van der Waals surface area contributed by atoms with Gasteiger partial charge in [-0.05, 0) is 68.7 Å². The molecule has 2 amide bonds. The lowest BCUT2D eigenvalue weighted by molar-refractivity contribution is 0.0729. The van der Waals surface area contributed by atoms with Crippen LogP contribution in [0.4, 0.5) is 10.2 Å². The van der Waals surface area contributed by atoms with Crippen LogP contribution in [0.1, 0.15) is 76.3 Å². The van der Waals surface area contributed by atoms with Gasteiger partial charge in [0.25, 0.3) is 11.8 Å². The second-order valence-corrected chi connectivity index (χ2v) is 11.1. The van der Waals surface area contributed by atoms with Crippen LogP contribution in [-0.4, -0.2) is 51.0 Å². The third-order valence-corrected chi connectivity index (χ3v) is 7.78. The third-order valence-electron chi connectivity index (χ3n) is 7.78. The summed E-state index contributed by atoms with van der Waals surface area (Å²) >= 11 is 0. The molecule has 12 heteroatoms. The van der Waals surface area contributed by atoms with Crippen LogP contribution in [0.3, 0.4) is 0 Å². The Morgan fingerprint density at radius 1 is 1.07 bits per heavy atom. The van der Waals surface area contributed by atoms with Crippen LogP contribution < -0.4 is 5.32 Å². The van der Waals surface area contributed by atoms with Crippen LogP contribution >= 0.6 is 0 Å². The fourth-order valence-electron chi connectivity index (χ4n) is 5.45. The Kier molecular flexibility index (Phi) is 6.52. The van der Waals surface area contributed by atoms with Gasteiger partial charge in [0.15, 0.2) is 5.82 Å². The molecule has 5 aromatic rings. The number of imidazole rings is 1. The van der Waals surface area contributed by atoms with E-state index in [2.05, 4.69) is 30.5 Å². The largest absolute Gasteiger partial charge is 0.328 e. The smallest absolute Gasteiger partial charge is 0.259 e. The molecule has 0 radical (unpaired) electrons. The Bertz CT molecular complexity index is 1860. The second-order valence-electron chi connectivity index (χ2n) is 11.1. The average Bonchev–Trinajstić information content (AvgIpc) is 3.61. The summed E-state index contributed by atoms with van der Waals surface area (Å²) < 4.78 is 19.4. The molecule has 1 saturated carbocycles. The first-order chi connectivity index (χ1) is 20.9. The van der Waals surface area contributed by atoms with Crippen LogP contribution in [0.25, 0.3) is 17.2 Å². The van der Waals surface area contributed by atoms with Crippen molar-refractivity contribution in [2.24, 2.45) is 0 Å². The molecule has 0 unspecified atom stereocenters. The summed E-state index contributed by atoms with van der Waals surface area (Å²) in [7, 11) is 0. The van der Waals surface area contributed by atoms with E-state index in [4.69, 9.17) is 0 Å². The monoisotopic (exact) mass is 577 g/mol. The molecule has 1 aliphatic carbocycles. The number of hydrogen-bond acceptors (Lipinski definition) is 7. The lowest BCUT2D eigenvalue weighted by Crippen LogP contribution is -2.30. The van der Waals surface area contributed by atoms with Gasteiger partial charge in [0.1, 0.15) is 23.7 Å². The minimum Gasteiger partial charge on any atom is -0.328 e. The molecule has 11 nitrogen and oxygen atoms in total. The van der Waals surface area contributed by atoms with Gasteiger partial charge in [-0.1, -0.05) is 6.07 Å². The minimum absolute atomic E-state index is 0.114. The van der Waals surface area contributed by atoms with Crippen LogP contribution in [0, 0.1) is 5.82 Å². The quantitative estimate of drug-likeness (QED) is 0.304. The molecule has 43 heavy (non-hydrogen) atoms. The van der Waals surface area contributed by atoms with E-state index >= 15 is 4.39 Å². The molecule has 1 aromatic carbocycles. The summed E-state index contributed by atoms with van der Waals surface area (Å²) in [5.41, 5.74) is 3.80. The van der Waals surface area contributed by atoms with Crippen molar-refractivity contribution < 1.29 is 14.0 Å². The summed E-state index contributed by atoms with van der Waals surface area (Å²) in [4.78, 5) is 41.9. The van der Waals surface area contributed by atoms with Crippen LogP contribution in [-0.2, 0) is 13.1 Å². The maximum Gasteiger partial charge on any atom is 0.259 e. The van der Waals surface area contributed by atoms with Gasteiger partial charge in [-0.2, -0.15) is 0 Å². The van der Waals surface area contributed by atoms with E-state index in [1.165, 1.54) is 18.3 Å². The Morgan fingerprint density at radius 3 is 2.70 bits per heavy atom. The SMILES string of the molecule is CC(C)n1cnnc1-c1cccc(NC(=O)c2cc3c(cc2F)CN(C(=O)c2cccnc2)Cc2c(C4CC4)ncn2-3)n1. The molecule has 0 atom stereocenters. The number of nitrogens with one attached hydrogen (secondary N) is 1. The number of halogens is 1. The van der Waals surface area contributed by atoms with E-state index < -0.39 is 11.7 Å². The van der Waals surface area contributed by atoms with Gasteiger partial charge >= 0.3 is 0 Å². The van der Waals surface area contributed by atoms with Crippen LogP contribution in [0.2, 0.25) is 0 Å². The Balaban J connectivity index is 1.23. The zero-order valence-corrected chi connectivity index (χ0v) is 23.6. The van der Waals surface area contributed by atoms with Gasteiger partial charge < -0.3 is 19.4 Å². The predicted octanol–water partition coefficient (Wildman–Crippen LogP) is 4.93. The molecular formula is C31H28FN9O2. The van der Waals surface area contributed by atoms with Crippen LogP contribution in [0.15, 0.2) is 67.5 Å². The molecular weight excluding hydrogens is 549 g/mol. The van der Waals surface area contributed by atoms with E-state index in [0.717, 1.165) is 24.2 Å². The van der Waals surface area contributed by atoms with Crippen molar-refractivity contribution in [3.63, 3.8) is 0 Å². The van der Waals surface area contributed by atoms with Crippen molar-refractivity contribution in [1.29, 1.82) is 0 Å². The minimum atomic E-state index is -0.702. The average molecular weight is 578 g/mol. The molecule has 0 saturated heterocycles. The van der Waals surface area contributed by atoms with E-state index in [-0.39, 0.29) is 29.9 Å². The Morgan fingerprint density at radius 2 is 1.93 bits per heavy atom. The van der Waals surface area contributed by atoms with Crippen molar-refractivity contribution in [1.82, 2.24) is 39.2 Å². The number of hydrogen-bond donors (Lipinski definition) is 1. The maximum absolute atomic E-state index is 15.6. The number of anilines is 1. The zero-order chi connectivity index (χ0) is 29.7. The maximum atomic E-state index is 15.6. The van der Waals surface area contributed by atoms with Crippen molar-refractivity contribution in [3.8, 4) is 17.2 Å². The summed E-state index contributed by atoms with van der Waals surface area (Å²) in [5.74, 6) is -0.415. The molecule has 2 aliphatic rings. The highest BCUT2D eigenvalue weighted by Crippen LogP contribution is 2.42. The second kappa shape index (κ2) is 10.5. The topological polar surface area (TPSA) is 124 Å². The van der Waals surface area contributed by atoms with Crippen LogP contribution in [0.5, 0.6) is 0 Å². The van der Waals surface area contributed by atoms with E-state index in [0.29, 0.717) is 40.8 Å². The number of benzene rings is 1.